The Hall–Kier alpha value is -1.69. The summed E-state index contributed by atoms with van der Waals surface area (Å²) in [4.78, 5) is 19.9. The van der Waals surface area contributed by atoms with Crippen LogP contribution in [0.2, 0.25) is 0 Å². The number of amides is 1. The van der Waals surface area contributed by atoms with Crippen molar-refractivity contribution in [3.63, 3.8) is 0 Å². The summed E-state index contributed by atoms with van der Waals surface area (Å²) in [5, 5.41) is 2.63. The molecule has 1 aromatic heterocycles. The number of nitrogens with one attached hydrogen (secondary N) is 1. The van der Waals surface area contributed by atoms with Gasteiger partial charge in [0.15, 0.2) is 0 Å². The lowest BCUT2D eigenvalue weighted by Gasteiger charge is -2.10. The first-order valence-corrected chi connectivity index (χ1v) is 5.51. The molecule has 1 amide bonds. The fraction of sp³-hybridized carbons (Fsp3) is 0.545. The van der Waals surface area contributed by atoms with Crippen LogP contribution in [0.15, 0.2) is 6.07 Å². The second kappa shape index (κ2) is 5.09. The fourth-order valence-electron chi connectivity index (χ4n) is 1.68. The number of methoxy groups -OCH3 is 1. The predicted octanol–water partition coefficient (Wildman–Crippen LogP) is 0.911. The smallest absolute Gasteiger partial charge is 0.255 e. The van der Waals surface area contributed by atoms with Crippen LogP contribution in [-0.2, 0) is 9.53 Å². The number of aromatic nitrogens is 2. The molecule has 92 valence electrons. The van der Waals surface area contributed by atoms with Gasteiger partial charge in [-0.15, -0.1) is 0 Å². The number of ether oxygens (including phenoxy) is 2. The molecule has 1 aromatic rings. The van der Waals surface area contributed by atoms with Gasteiger partial charge in [-0.05, 0) is 19.8 Å². The summed E-state index contributed by atoms with van der Waals surface area (Å²) in [6, 6.07) is 1.70. The standard InChI is InChI=1S/C11H15N3O3/c1-7-6-9(16-2)13-11(12-7)14-10(15)8-4-3-5-17-8/h6,8H,3-5H2,1-2H3,(H,12,13,14,15)/t8-/m1/s1. The molecule has 0 spiro atoms. The number of hydrogen-bond acceptors (Lipinski definition) is 5. The van der Waals surface area contributed by atoms with Crippen LogP contribution >= 0.6 is 0 Å². The number of anilines is 1. The zero-order chi connectivity index (χ0) is 12.3. The summed E-state index contributed by atoms with van der Waals surface area (Å²) < 4.78 is 10.3. The third-order valence-corrected chi connectivity index (χ3v) is 2.50. The van der Waals surface area contributed by atoms with Crippen LogP contribution in [0.5, 0.6) is 5.88 Å². The van der Waals surface area contributed by atoms with Gasteiger partial charge in [0.1, 0.15) is 6.10 Å². The van der Waals surface area contributed by atoms with E-state index in [-0.39, 0.29) is 18.0 Å². The molecule has 17 heavy (non-hydrogen) atoms. The molecule has 0 unspecified atom stereocenters. The zero-order valence-electron chi connectivity index (χ0n) is 9.90. The van der Waals surface area contributed by atoms with Gasteiger partial charge >= 0.3 is 0 Å². The predicted molar refractivity (Wildman–Crippen MR) is 60.9 cm³/mol. The first kappa shape index (κ1) is 11.8. The van der Waals surface area contributed by atoms with E-state index in [4.69, 9.17) is 9.47 Å². The van der Waals surface area contributed by atoms with Crippen molar-refractivity contribution in [3.8, 4) is 5.88 Å². The molecular weight excluding hydrogens is 222 g/mol. The monoisotopic (exact) mass is 237 g/mol. The van der Waals surface area contributed by atoms with E-state index in [9.17, 15) is 4.79 Å². The highest BCUT2D eigenvalue weighted by atomic mass is 16.5. The number of hydrogen-bond donors (Lipinski definition) is 1. The normalized spacial score (nSPS) is 19.1. The second-order valence-corrected chi connectivity index (χ2v) is 3.87. The second-order valence-electron chi connectivity index (χ2n) is 3.87. The van der Waals surface area contributed by atoms with Gasteiger partial charge in [-0.1, -0.05) is 0 Å². The molecule has 1 saturated heterocycles. The highest BCUT2D eigenvalue weighted by Crippen LogP contribution is 2.15. The van der Waals surface area contributed by atoms with Crippen LogP contribution in [0.4, 0.5) is 5.95 Å². The molecule has 1 aliphatic heterocycles. The number of carbonyl (C=O) groups is 1. The summed E-state index contributed by atoms with van der Waals surface area (Å²) >= 11 is 0. The van der Waals surface area contributed by atoms with E-state index >= 15 is 0 Å². The summed E-state index contributed by atoms with van der Waals surface area (Å²) in [7, 11) is 1.52. The first-order valence-electron chi connectivity index (χ1n) is 5.51. The maximum absolute atomic E-state index is 11.8. The van der Waals surface area contributed by atoms with Crippen molar-refractivity contribution in [2.45, 2.75) is 25.9 Å². The first-order chi connectivity index (χ1) is 8.19. The van der Waals surface area contributed by atoms with Gasteiger partial charge in [0.05, 0.1) is 7.11 Å². The van der Waals surface area contributed by atoms with Crippen molar-refractivity contribution >= 4 is 11.9 Å². The molecule has 1 aliphatic rings. The van der Waals surface area contributed by atoms with E-state index in [0.717, 1.165) is 18.5 Å². The SMILES string of the molecule is COc1cc(C)nc(NC(=O)[C@H]2CCCO2)n1. The number of rotatable bonds is 3. The summed E-state index contributed by atoms with van der Waals surface area (Å²) in [5.41, 5.74) is 0.736. The molecule has 6 heteroatoms. The summed E-state index contributed by atoms with van der Waals surface area (Å²) in [6.07, 6.45) is 1.27. The number of carbonyl (C=O) groups excluding carboxylic acids is 1. The van der Waals surface area contributed by atoms with Crippen molar-refractivity contribution in [2.75, 3.05) is 19.0 Å². The highest BCUT2D eigenvalue weighted by molar-refractivity contribution is 5.92. The Kier molecular flexibility index (Phi) is 3.53. The average molecular weight is 237 g/mol. The highest BCUT2D eigenvalue weighted by Gasteiger charge is 2.24. The van der Waals surface area contributed by atoms with Gasteiger partial charge in [-0.2, -0.15) is 4.98 Å². The van der Waals surface area contributed by atoms with Crippen LogP contribution in [0.25, 0.3) is 0 Å². The molecule has 1 atom stereocenters. The minimum absolute atomic E-state index is 0.199. The Morgan fingerprint density at radius 3 is 3.06 bits per heavy atom. The maximum Gasteiger partial charge on any atom is 0.255 e. The minimum atomic E-state index is -0.384. The van der Waals surface area contributed by atoms with E-state index in [1.54, 1.807) is 6.07 Å². The van der Waals surface area contributed by atoms with Crippen LogP contribution in [0, 0.1) is 6.92 Å². The Balaban J connectivity index is 2.06. The average Bonchev–Trinajstić information content (AvgIpc) is 2.81. The van der Waals surface area contributed by atoms with Crippen LogP contribution in [0.1, 0.15) is 18.5 Å². The molecule has 2 rings (SSSR count). The van der Waals surface area contributed by atoms with Crippen LogP contribution in [0.3, 0.4) is 0 Å². The summed E-state index contributed by atoms with van der Waals surface area (Å²) in [5.74, 6) is 0.484. The van der Waals surface area contributed by atoms with Gasteiger partial charge in [0, 0.05) is 18.4 Å². The van der Waals surface area contributed by atoms with Gasteiger partial charge in [-0.25, -0.2) is 4.98 Å². The Labute approximate surface area is 99.4 Å². The van der Waals surface area contributed by atoms with E-state index in [2.05, 4.69) is 15.3 Å². The molecule has 6 nitrogen and oxygen atoms in total. The number of aryl methyl sites for hydroxylation is 1. The van der Waals surface area contributed by atoms with Crippen molar-refractivity contribution in [1.29, 1.82) is 0 Å². The van der Waals surface area contributed by atoms with Crippen molar-refractivity contribution in [1.82, 2.24) is 9.97 Å². The Bertz CT molecular complexity index is 416. The lowest BCUT2D eigenvalue weighted by molar-refractivity contribution is -0.124. The van der Waals surface area contributed by atoms with Crippen molar-refractivity contribution in [2.24, 2.45) is 0 Å². The maximum atomic E-state index is 11.8. The van der Waals surface area contributed by atoms with Crippen molar-refractivity contribution < 1.29 is 14.3 Å². The molecule has 0 saturated carbocycles. The number of nitrogens with zero attached hydrogens (tertiary/aromatic N) is 2. The minimum Gasteiger partial charge on any atom is -0.481 e. The van der Waals surface area contributed by atoms with Gasteiger partial charge in [-0.3, -0.25) is 10.1 Å². The van der Waals surface area contributed by atoms with Crippen LogP contribution in [-0.4, -0.2) is 35.7 Å². The van der Waals surface area contributed by atoms with Crippen LogP contribution < -0.4 is 10.1 Å². The van der Waals surface area contributed by atoms with E-state index in [0.29, 0.717) is 12.5 Å². The third-order valence-electron chi connectivity index (χ3n) is 2.50. The molecule has 1 fully saturated rings. The quantitative estimate of drug-likeness (QED) is 0.845. The van der Waals surface area contributed by atoms with Gasteiger partial charge in [0.25, 0.3) is 5.91 Å². The molecule has 0 aromatic carbocycles. The van der Waals surface area contributed by atoms with Crippen molar-refractivity contribution in [3.05, 3.63) is 11.8 Å². The summed E-state index contributed by atoms with van der Waals surface area (Å²) in [6.45, 7) is 2.45. The third kappa shape index (κ3) is 2.91. The van der Waals surface area contributed by atoms with E-state index in [1.807, 2.05) is 6.92 Å². The molecule has 1 N–H and O–H groups in total. The Morgan fingerprint density at radius 2 is 2.41 bits per heavy atom. The zero-order valence-corrected chi connectivity index (χ0v) is 9.90. The van der Waals surface area contributed by atoms with E-state index in [1.165, 1.54) is 7.11 Å². The molecule has 0 radical (unpaired) electrons. The fourth-order valence-corrected chi connectivity index (χ4v) is 1.68. The molecule has 0 aliphatic carbocycles. The largest absolute Gasteiger partial charge is 0.481 e. The van der Waals surface area contributed by atoms with E-state index < -0.39 is 0 Å². The van der Waals surface area contributed by atoms with Gasteiger partial charge < -0.3 is 9.47 Å². The lowest BCUT2D eigenvalue weighted by Crippen LogP contribution is -2.27. The Morgan fingerprint density at radius 1 is 1.59 bits per heavy atom. The molecular formula is C11H15N3O3. The topological polar surface area (TPSA) is 73.3 Å². The molecule has 0 bridgehead atoms. The molecule has 2 heterocycles. The van der Waals surface area contributed by atoms with Gasteiger partial charge in [0.2, 0.25) is 11.8 Å². The lowest BCUT2D eigenvalue weighted by atomic mass is 10.2.